The number of fused-ring (bicyclic) bond motifs is 5. The molecule has 0 spiro atoms. The summed E-state index contributed by atoms with van der Waals surface area (Å²) < 4.78 is 11.2. The monoisotopic (exact) mass is 564 g/mol. The van der Waals surface area contributed by atoms with Gasteiger partial charge in [0.2, 0.25) is 0 Å². The zero-order valence-electron chi connectivity index (χ0n) is 24.1. The van der Waals surface area contributed by atoms with Gasteiger partial charge in [-0.3, -0.25) is 4.84 Å². The van der Waals surface area contributed by atoms with E-state index in [1.807, 2.05) is 0 Å². The van der Waals surface area contributed by atoms with Crippen LogP contribution in [0.25, 0.3) is 0 Å². The Kier molecular flexibility index (Phi) is 7.43. The first-order valence-electron chi connectivity index (χ1n) is 15.3. The molecular weight excluding hydrogens is 516 g/mol. The molecule has 6 N–H and O–H groups in total. The van der Waals surface area contributed by atoms with Gasteiger partial charge >= 0.3 is 5.97 Å². The van der Waals surface area contributed by atoms with E-state index in [0.29, 0.717) is 18.4 Å². The lowest BCUT2D eigenvalue weighted by Gasteiger charge is -2.64. The topological polar surface area (TPSA) is 155 Å². The van der Waals surface area contributed by atoms with Crippen LogP contribution >= 0.6 is 0 Å². The zero-order valence-corrected chi connectivity index (χ0v) is 24.1. The van der Waals surface area contributed by atoms with E-state index in [1.165, 1.54) is 0 Å². The van der Waals surface area contributed by atoms with E-state index in [-0.39, 0.29) is 41.2 Å². The average Bonchev–Trinajstić information content (AvgIpc) is 3.48. The summed E-state index contributed by atoms with van der Waals surface area (Å²) >= 11 is 0. The number of rotatable bonds is 5. The molecule has 6 aliphatic rings. The van der Waals surface area contributed by atoms with Crippen LogP contribution in [0.5, 0.6) is 0 Å². The van der Waals surface area contributed by atoms with E-state index in [0.717, 1.165) is 63.4 Å². The van der Waals surface area contributed by atoms with Crippen LogP contribution in [0.3, 0.4) is 0 Å². The average molecular weight is 565 g/mol. The Balaban J connectivity index is 1.19. The summed E-state index contributed by atoms with van der Waals surface area (Å²) in [6.45, 7) is 5.06. The van der Waals surface area contributed by atoms with Crippen molar-refractivity contribution in [2.24, 2.45) is 40.2 Å². The standard InChI is InChI=1S/C30H48N2O8/c1-28-9-6-18(32(38-3)27-26(36)25(35)24(34)22(14-31)40-27)13-17(28)4-5-21-20(28)7-10-29(2)19(8-11-30(21,29)37)16-12-23(33)39-15-16/h12,17-22,24-27,34-37H,4-11,13-15,31H2,1-3H3/t17?,18-,19-,20?,21?,22-,24-,25+,26+,27?,28+,29-,30+/m1/s1. The number of hydrogen-bond acceptors (Lipinski definition) is 10. The number of hydrogen-bond donors (Lipinski definition) is 5. The molecule has 5 fully saturated rings. The molecular formula is C30H48N2O8. The fourth-order valence-corrected chi connectivity index (χ4v) is 10.4. The van der Waals surface area contributed by atoms with Gasteiger partial charge in [0.15, 0.2) is 6.23 Å². The lowest BCUT2D eigenvalue weighted by molar-refractivity contribution is -0.341. The Hall–Kier alpha value is -1.11. The molecule has 10 nitrogen and oxygen atoms in total. The highest BCUT2D eigenvalue weighted by molar-refractivity contribution is 5.85. The van der Waals surface area contributed by atoms with Gasteiger partial charge in [0.05, 0.1) is 12.7 Å². The van der Waals surface area contributed by atoms with Crippen LogP contribution in [-0.2, 0) is 19.1 Å². The molecule has 0 radical (unpaired) electrons. The van der Waals surface area contributed by atoms with Gasteiger partial charge in [0.25, 0.3) is 0 Å². The molecule has 4 saturated carbocycles. The predicted octanol–water partition coefficient (Wildman–Crippen LogP) is 1.24. The van der Waals surface area contributed by atoms with Crippen molar-refractivity contribution < 1.29 is 39.5 Å². The third kappa shape index (κ3) is 4.08. The molecule has 2 aliphatic heterocycles. The minimum atomic E-state index is -1.37. The van der Waals surface area contributed by atoms with Gasteiger partial charge < -0.3 is 35.6 Å². The largest absolute Gasteiger partial charge is 0.458 e. The van der Waals surface area contributed by atoms with Crippen LogP contribution in [0.1, 0.15) is 71.6 Å². The molecule has 4 aliphatic carbocycles. The molecule has 226 valence electrons. The molecule has 1 saturated heterocycles. The quantitative estimate of drug-likeness (QED) is 0.243. The molecule has 13 atom stereocenters. The van der Waals surface area contributed by atoms with Gasteiger partial charge in [0.1, 0.15) is 31.0 Å². The fourth-order valence-electron chi connectivity index (χ4n) is 10.4. The van der Waals surface area contributed by atoms with Gasteiger partial charge in [-0.2, -0.15) is 5.06 Å². The van der Waals surface area contributed by atoms with Crippen LogP contribution < -0.4 is 5.73 Å². The maximum atomic E-state index is 12.5. The number of nitrogens with two attached hydrogens (primary N) is 1. The maximum absolute atomic E-state index is 12.5. The Labute approximate surface area is 236 Å². The van der Waals surface area contributed by atoms with E-state index in [2.05, 4.69) is 13.8 Å². The van der Waals surface area contributed by atoms with Crippen molar-refractivity contribution in [3.63, 3.8) is 0 Å². The van der Waals surface area contributed by atoms with E-state index in [9.17, 15) is 25.2 Å². The van der Waals surface area contributed by atoms with Gasteiger partial charge in [-0.1, -0.05) is 13.8 Å². The summed E-state index contributed by atoms with van der Waals surface area (Å²) in [6.07, 6.45) is 4.37. The van der Waals surface area contributed by atoms with E-state index < -0.39 is 36.2 Å². The fraction of sp³-hybridized carbons (Fsp3) is 0.900. The molecule has 6 rings (SSSR count). The molecule has 4 unspecified atom stereocenters. The van der Waals surface area contributed by atoms with Crippen LogP contribution in [0.2, 0.25) is 0 Å². The Morgan fingerprint density at radius 2 is 1.80 bits per heavy atom. The summed E-state index contributed by atoms with van der Waals surface area (Å²) in [4.78, 5) is 17.6. The number of aliphatic hydroxyl groups excluding tert-OH is 3. The SMILES string of the molecule is CON(C1O[C@H](CN)[C@@H](O)[C@H](O)[C@@H]1O)[C@@H]1CC[C@@]2(C)C(CCC3C2CC[C@]2(C)[C@@H](C4=CC(=O)OC4)CC[C@]32O)C1. The van der Waals surface area contributed by atoms with Crippen molar-refractivity contribution in [2.75, 3.05) is 20.3 Å². The molecule has 0 amide bonds. The summed E-state index contributed by atoms with van der Waals surface area (Å²) in [5.74, 6) is 1.02. The third-order valence-corrected chi connectivity index (χ3v) is 12.7. The molecule has 0 aromatic rings. The first kappa shape index (κ1) is 29.0. The molecule has 0 bridgehead atoms. The van der Waals surface area contributed by atoms with Gasteiger partial charge in [-0.15, -0.1) is 0 Å². The van der Waals surface area contributed by atoms with Crippen molar-refractivity contribution in [1.82, 2.24) is 5.06 Å². The molecule has 0 aromatic heterocycles. The van der Waals surface area contributed by atoms with Crippen molar-refractivity contribution in [1.29, 1.82) is 0 Å². The summed E-state index contributed by atoms with van der Waals surface area (Å²) in [5.41, 5.74) is 5.92. The minimum absolute atomic E-state index is 0.0141. The second kappa shape index (κ2) is 10.3. The number of aliphatic hydroxyl groups is 4. The number of carbonyl (C=O) groups is 1. The first-order valence-corrected chi connectivity index (χ1v) is 15.3. The number of ether oxygens (including phenoxy) is 2. The molecule has 0 aromatic carbocycles. The zero-order chi connectivity index (χ0) is 28.6. The van der Waals surface area contributed by atoms with Crippen LogP contribution in [-0.4, -0.2) is 94.0 Å². The van der Waals surface area contributed by atoms with Crippen molar-refractivity contribution >= 4 is 5.97 Å². The number of carbonyl (C=O) groups excluding carboxylic acids is 1. The molecule has 2 heterocycles. The van der Waals surface area contributed by atoms with E-state index in [1.54, 1.807) is 18.2 Å². The highest BCUT2D eigenvalue weighted by Gasteiger charge is 2.68. The van der Waals surface area contributed by atoms with Crippen molar-refractivity contribution in [2.45, 2.75) is 114 Å². The maximum Gasteiger partial charge on any atom is 0.331 e. The smallest absolute Gasteiger partial charge is 0.331 e. The minimum Gasteiger partial charge on any atom is -0.458 e. The van der Waals surface area contributed by atoms with E-state index in [4.69, 9.17) is 20.0 Å². The Morgan fingerprint density at radius 1 is 1.02 bits per heavy atom. The van der Waals surface area contributed by atoms with Gasteiger partial charge in [0, 0.05) is 24.1 Å². The van der Waals surface area contributed by atoms with Crippen LogP contribution in [0.4, 0.5) is 0 Å². The van der Waals surface area contributed by atoms with E-state index >= 15 is 0 Å². The predicted molar refractivity (Wildman–Crippen MR) is 144 cm³/mol. The normalized spacial score (nSPS) is 52.5. The lowest BCUT2D eigenvalue weighted by Crippen LogP contribution is -2.66. The lowest BCUT2D eigenvalue weighted by atomic mass is 9.43. The van der Waals surface area contributed by atoms with Crippen LogP contribution in [0, 0.1) is 34.5 Å². The highest BCUT2D eigenvalue weighted by atomic mass is 16.7. The number of hydroxylamine groups is 2. The molecule has 40 heavy (non-hydrogen) atoms. The second-order valence-electron chi connectivity index (χ2n) is 14.0. The second-order valence-corrected chi connectivity index (χ2v) is 14.0. The van der Waals surface area contributed by atoms with Crippen molar-refractivity contribution in [3.05, 3.63) is 11.6 Å². The number of nitrogens with zero attached hydrogens (tertiary/aromatic N) is 1. The summed E-state index contributed by atoms with van der Waals surface area (Å²) in [5, 5.41) is 45.7. The Bertz CT molecular complexity index is 1020. The Morgan fingerprint density at radius 3 is 2.48 bits per heavy atom. The number of esters is 1. The first-order chi connectivity index (χ1) is 19.0. The number of cyclic esters (lactones) is 1. The summed E-state index contributed by atoms with van der Waals surface area (Å²) in [6, 6.07) is -0.0141. The van der Waals surface area contributed by atoms with Gasteiger partial charge in [-0.05, 0) is 92.4 Å². The summed E-state index contributed by atoms with van der Waals surface area (Å²) in [7, 11) is 1.56. The van der Waals surface area contributed by atoms with Crippen molar-refractivity contribution in [3.8, 4) is 0 Å². The van der Waals surface area contributed by atoms with Crippen LogP contribution in [0.15, 0.2) is 11.6 Å². The molecule has 10 heteroatoms. The highest BCUT2D eigenvalue weighted by Crippen LogP contribution is 2.70. The third-order valence-electron chi connectivity index (χ3n) is 12.7. The van der Waals surface area contributed by atoms with Gasteiger partial charge in [-0.25, -0.2) is 4.79 Å².